The maximum Gasteiger partial charge on any atom is 0.323 e. The van der Waals surface area contributed by atoms with Crippen LogP contribution in [0.1, 0.15) is 44.7 Å². The molecule has 0 radical (unpaired) electrons. The quantitative estimate of drug-likeness (QED) is 0.449. The zero-order chi connectivity index (χ0) is 21.2. The van der Waals surface area contributed by atoms with Gasteiger partial charge in [0.15, 0.2) is 0 Å². The minimum Gasteiger partial charge on any atom is -0.468 e. The van der Waals surface area contributed by atoms with Crippen molar-refractivity contribution < 1.29 is 19.1 Å². The lowest BCUT2D eigenvalue weighted by molar-refractivity contribution is -0.149. The molecule has 0 N–H and O–H groups in total. The summed E-state index contributed by atoms with van der Waals surface area (Å²) in [6.45, 7) is 4.10. The lowest BCUT2D eigenvalue weighted by atomic mass is 9.84. The molecule has 0 fully saturated rings. The Morgan fingerprint density at radius 3 is 2.59 bits per heavy atom. The van der Waals surface area contributed by atoms with Gasteiger partial charge in [-0.15, -0.1) is 0 Å². The van der Waals surface area contributed by atoms with Crippen LogP contribution in [0.3, 0.4) is 0 Å². The third-order valence-electron chi connectivity index (χ3n) is 4.79. The molecule has 29 heavy (non-hydrogen) atoms. The number of imidazole rings is 1. The maximum atomic E-state index is 12.5. The van der Waals surface area contributed by atoms with Crippen molar-refractivity contribution in [2.24, 2.45) is 11.8 Å². The minimum absolute atomic E-state index is 0.180. The maximum absolute atomic E-state index is 12.5. The van der Waals surface area contributed by atoms with Gasteiger partial charge >= 0.3 is 11.9 Å². The molecule has 0 amide bonds. The average molecular weight is 397 g/mol. The normalized spacial score (nSPS) is 13.7. The predicted octanol–water partition coefficient (Wildman–Crippen LogP) is 3.64. The van der Waals surface area contributed by atoms with Crippen LogP contribution in [0.2, 0.25) is 0 Å². The van der Waals surface area contributed by atoms with E-state index >= 15 is 0 Å². The summed E-state index contributed by atoms with van der Waals surface area (Å²) in [6.07, 6.45) is 5.23. The number of aromatic nitrogens is 2. The molecule has 0 aliphatic rings. The summed E-state index contributed by atoms with van der Waals surface area (Å²) in [7, 11) is 1.32. The smallest absolute Gasteiger partial charge is 0.323 e. The van der Waals surface area contributed by atoms with Gasteiger partial charge in [-0.2, -0.15) is 5.26 Å². The van der Waals surface area contributed by atoms with E-state index in [1.165, 1.54) is 7.11 Å². The number of carbonyl (C=O) groups is 2. The summed E-state index contributed by atoms with van der Waals surface area (Å²) >= 11 is 0. The molecular formula is C22H27N3O4. The largest absolute Gasteiger partial charge is 0.468 e. The van der Waals surface area contributed by atoms with Gasteiger partial charge in [0.25, 0.3) is 0 Å². The number of methoxy groups -OCH3 is 1. The van der Waals surface area contributed by atoms with E-state index in [4.69, 9.17) is 9.47 Å². The van der Waals surface area contributed by atoms with Crippen molar-refractivity contribution in [3.8, 4) is 11.8 Å². The van der Waals surface area contributed by atoms with E-state index in [1.54, 1.807) is 12.5 Å². The minimum atomic E-state index is -0.940. The molecule has 0 saturated carbocycles. The first-order valence-corrected chi connectivity index (χ1v) is 9.75. The molecular weight excluding hydrogens is 370 g/mol. The van der Waals surface area contributed by atoms with E-state index in [0.717, 1.165) is 18.5 Å². The number of ether oxygens (including phenoxy) is 2. The first-order chi connectivity index (χ1) is 14.0. The lowest BCUT2D eigenvalue weighted by Gasteiger charge is -2.21. The van der Waals surface area contributed by atoms with Crippen LogP contribution in [0, 0.1) is 23.2 Å². The number of para-hydroxylation sites is 1. The predicted molar refractivity (Wildman–Crippen MR) is 107 cm³/mol. The van der Waals surface area contributed by atoms with Gasteiger partial charge < -0.3 is 14.0 Å². The molecule has 7 heteroatoms. The van der Waals surface area contributed by atoms with Crippen LogP contribution >= 0.6 is 0 Å². The van der Waals surface area contributed by atoms with E-state index in [1.807, 2.05) is 54.8 Å². The number of carbonyl (C=O) groups excluding carboxylic acids is 2. The van der Waals surface area contributed by atoms with E-state index in [-0.39, 0.29) is 12.3 Å². The second kappa shape index (κ2) is 11.0. The van der Waals surface area contributed by atoms with Gasteiger partial charge in [0, 0.05) is 11.9 Å². The SMILES string of the molecule is CCCCOC(=O)C(C#N)C[C@@H](C)C(C(=O)OC)c1cn(-c2ccccc2)cn1. The Morgan fingerprint density at radius 1 is 1.24 bits per heavy atom. The van der Waals surface area contributed by atoms with Crippen molar-refractivity contribution in [1.82, 2.24) is 9.55 Å². The Hall–Kier alpha value is -3.14. The van der Waals surface area contributed by atoms with Gasteiger partial charge in [-0.05, 0) is 30.9 Å². The van der Waals surface area contributed by atoms with Crippen molar-refractivity contribution in [3.63, 3.8) is 0 Å². The van der Waals surface area contributed by atoms with Crippen LogP contribution in [-0.2, 0) is 19.1 Å². The number of hydrogen-bond donors (Lipinski definition) is 0. The van der Waals surface area contributed by atoms with Gasteiger partial charge in [0.05, 0.1) is 31.8 Å². The van der Waals surface area contributed by atoms with E-state index in [0.29, 0.717) is 12.3 Å². The molecule has 2 unspecified atom stereocenters. The highest BCUT2D eigenvalue weighted by atomic mass is 16.5. The van der Waals surface area contributed by atoms with Crippen LogP contribution < -0.4 is 0 Å². The number of nitriles is 1. The first kappa shape index (κ1) is 22.2. The summed E-state index contributed by atoms with van der Waals surface area (Å²) < 4.78 is 12.0. The molecule has 0 spiro atoms. The molecule has 0 saturated heterocycles. The van der Waals surface area contributed by atoms with Crippen molar-refractivity contribution in [3.05, 3.63) is 48.5 Å². The molecule has 154 valence electrons. The van der Waals surface area contributed by atoms with E-state index in [9.17, 15) is 14.9 Å². The van der Waals surface area contributed by atoms with Crippen LogP contribution in [0.5, 0.6) is 0 Å². The molecule has 1 heterocycles. The van der Waals surface area contributed by atoms with Crippen molar-refractivity contribution in [2.45, 2.75) is 39.0 Å². The monoisotopic (exact) mass is 397 g/mol. The molecule has 2 rings (SSSR count). The molecule has 0 aliphatic carbocycles. The second-order valence-electron chi connectivity index (χ2n) is 6.96. The Morgan fingerprint density at radius 2 is 1.97 bits per heavy atom. The van der Waals surface area contributed by atoms with Crippen molar-refractivity contribution >= 4 is 11.9 Å². The van der Waals surface area contributed by atoms with E-state index < -0.39 is 23.8 Å². The summed E-state index contributed by atoms with van der Waals surface area (Å²) in [6, 6.07) is 11.6. The lowest BCUT2D eigenvalue weighted by Crippen LogP contribution is -2.26. The van der Waals surface area contributed by atoms with Crippen LogP contribution in [0.15, 0.2) is 42.9 Å². The zero-order valence-corrected chi connectivity index (χ0v) is 17.1. The van der Waals surface area contributed by atoms with Gasteiger partial charge in [-0.3, -0.25) is 9.59 Å². The van der Waals surface area contributed by atoms with Crippen LogP contribution in [-0.4, -0.2) is 35.2 Å². The Bertz CT molecular complexity index is 841. The summed E-state index contributed by atoms with van der Waals surface area (Å²) in [5.41, 5.74) is 1.45. The van der Waals surface area contributed by atoms with Gasteiger partial charge in [0.1, 0.15) is 11.8 Å². The topological polar surface area (TPSA) is 94.2 Å². The van der Waals surface area contributed by atoms with E-state index in [2.05, 4.69) is 4.98 Å². The fraction of sp³-hybridized carbons (Fsp3) is 0.455. The molecule has 1 aromatic heterocycles. The van der Waals surface area contributed by atoms with Crippen molar-refractivity contribution in [2.75, 3.05) is 13.7 Å². The molecule has 1 aromatic carbocycles. The second-order valence-corrected chi connectivity index (χ2v) is 6.96. The summed E-state index contributed by atoms with van der Waals surface area (Å²) in [4.78, 5) is 29.1. The number of unbranched alkanes of at least 4 members (excludes halogenated alkanes) is 1. The third kappa shape index (κ3) is 5.92. The van der Waals surface area contributed by atoms with Gasteiger partial charge in [0.2, 0.25) is 0 Å². The average Bonchev–Trinajstić information content (AvgIpc) is 3.22. The zero-order valence-electron chi connectivity index (χ0n) is 17.1. The molecule has 7 nitrogen and oxygen atoms in total. The molecule has 0 bridgehead atoms. The molecule has 2 aromatic rings. The number of benzene rings is 1. The highest BCUT2D eigenvalue weighted by Gasteiger charge is 2.34. The van der Waals surface area contributed by atoms with Gasteiger partial charge in [-0.1, -0.05) is 38.5 Å². The Balaban J connectivity index is 2.17. The fourth-order valence-electron chi connectivity index (χ4n) is 3.14. The number of nitrogens with zero attached hydrogens (tertiary/aromatic N) is 3. The first-order valence-electron chi connectivity index (χ1n) is 9.75. The van der Waals surface area contributed by atoms with Crippen LogP contribution in [0.4, 0.5) is 0 Å². The number of rotatable bonds is 10. The third-order valence-corrected chi connectivity index (χ3v) is 4.79. The highest BCUT2D eigenvalue weighted by Crippen LogP contribution is 2.30. The van der Waals surface area contributed by atoms with Crippen LogP contribution in [0.25, 0.3) is 5.69 Å². The Labute approximate surface area is 171 Å². The van der Waals surface area contributed by atoms with Gasteiger partial charge in [-0.25, -0.2) is 4.98 Å². The standard InChI is InChI=1S/C22H27N3O4/c1-4-5-11-29-21(26)17(13-23)12-16(2)20(22(27)28-3)19-14-25(15-24-19)18-9-7-6-8-10-18/h6-10,14-17,20H,4-5,11-12H2,1-3H3/t16-,17?,20?/m1/s1. The molecule has 3 atom stereocenters. The summed E-state index contributed by atoms with van der Waals surface area (Å²) in [5, 5.41) is 9.42. The highest BCUT2D eigenvalue weighted by molar-refractivity contribution is 5.78. The fourth-order valence-corrected chi connectivity index (χ4v) is 3.14. The molecule has 0 aliphatic heterocycles. The Kier molecular flexibility index (Phi) is 8.41. The van der Waals surface area contributed by atoms with Crippen molar-refractivity contribution in [1.29, 1.82) is 5.26 Å². The summed E-state index contributed by atoms with van der Waals surface area (Å²) in [5.74, 6) is -2.97. The number of hydrogen-bond acceptors (Lipinski definition) is 6. The number of esters is 2.